The molecular weight excluding hydrogens is 588 g/mol. The third-order valence-electron chi connectivity index (χ3n) is 6.48. The molecule has 0 fully saturated rings. The Hall–Kier alpha value is -4.62. The van der Waals surface area contributed by atoms with Gasteiger partial charge in [0.2, 0.25) is 11.8 Å². The lowest BCUT2D eigenvalue weighted by Crippen LogP contribution is -2.22. The van der Waals surface area contributed by atoms with Crippen LogP contribution in [-0.2, 0) is 20.8 Å². The number of nitrogens with zero attached hydrogens (tertiary/aromatic N) is 2. The standard InChI is InChI=1S/C31H36N2O10Si/c1-19-26(29(34)40-17-20-8-10-21(36-2)11-9-20)27-22(42-19)12-13-23(43-31-32-24(37-3)16-25(33-31)38-4)28(27)30(35)41-18-39-14-15-44(5,6)7/h8-13,16H,14-15,17-18H2,1-7H3. The van der Waals surface area contributed by atoms with Crippen LogP contribution in [0, 0.1) is 6.92 Å². The Labute approximate surface area is 256 Å². The van der Waals surface area contributed by atoms with Crippen LogP contribution in [0.1, 0.15) is 32.0 Å². The number of aromatic nitrogens is 2. The van der Waals surface area contributed by atoms with Crippen LogP contribution in [0.2, 0.25) is 25.7 Å². The van der Waals surface area contributed by atoms with E-state index in [1.807, 2.05) is 0 Å². The van der Waals surface area contributed by atoms with E-state index < -0.39 is 20.0 Å². The first-order valence-electron chi connectivity index (χ1n) is 13.8. The molecule has 2 aromatic carbocycles. The second-order valence-corrected chi connectivity index (χ2v) is 16.5. The van der Waals surface area contributed by atoms with Crippen LogP contribution in [0.5, 0.6) is 29.3 Å². The minimum atomic E-state index is -1.35. The fourth-order valence-electron chi connectivity index (χ4n) is 4.11. The summed E-state index contributed by atoms with van der Waals surface area (Å²) in [5.41, 5.74) is 0.958. The zero-order valence-electron chi connectivity index (χ0n) is 25.8. The Morgan fingerprint density at radius 1 is 0.841 bits per heavy atom. The van der Waals surface area contributed by atoms with Gasteiger partial charge in [-0.05, 0) is 42.8 Å². The molecule has 0 saturated carbocycles. The van der Waals surface area contributed by atoms with E-state index in [1.165, 1.54) is 26.4 Å². The summed E-state index contributed by atoms with van der Waals surface area (Å²) in [6.45, 7) is 8.40. The molecule has 0 saturated heterocycles. The Bertz CT molecular complexity index is 1590. The third kappa shape index (κ3) is 8.05. The van der Waals surface area contributed by atoms with Crippen LogP contribution in [0.3, 0.4) is 0 Å². The van der Waals surface area contributed by atoms with Crippen molar-refractivity contribution < 1.29 is 47.2 Å². The molecule has 0 N–H and O–H groups in total. The van der Waals surface area contributed by atoms with E-state index in [9.17, 15) is 9.59 Å². The van der Waals surface area contributed by atoms with Gasteiger partial charge in [0.15, 0.2) is 6.79 Å². The maximum absolute atomic E-state index is 13.6. The molecule has 2 aromatic heterocycles. The van der Waals surface area contributed by atoms with Crippen LogP contribution < -0.4 is 18.9 Å². The summed E-state index contributed by atoms with van der Waals surface area (Å²) in [5, 5.41) is 0.154. The number of furan rings is 1. The van der Waals surface area contributed by atoms with Gasteiger partial charge >= 0.3 is 17.9 Å². The minimum Gasteiger partial charge on any atom is -0.497 e. The highest BCUT2D eigenvalue weighted by molar-refractivity contribution is 6.76. The second-order valence-electron chi connectivity index (χ2n) is 10.9. The van der Waals surface area contributed by atoms with Crippen molar-refractivity contribution >= 4 is 31.0 Å². The van der Waals surface area contributed by atoms with E-state index in [0.717, 1.165) is 11.6 Å². The molecule has 0 atom stereocenters. The first-order chi connectivity index (χ1) is 21.0. The lowest BCUT2D eigenvalue weighted by molar-refractivity contribution is -0.0276. The van der Waals surface area contributed by atoms with E-state index >= 15 is 0 Å². The highest BCUT2D eigenvalue weighted by atomic mass is 28.3. The van der Waals surface area contributed by atoms with Crippen molar-refractivity contribution in [2.24, 2.45) is 0 Å². The van der Waals surface area contributed by atoms with Crippen LogP contribution in [0.4, 0.5) is 0 Å². The van der Waals surface area contributed by atoms with E-state index in [0.29, 0.717) is 12.4 Å². The molecule has 13 heteroatoms. The minimum absolute atomic E-state index is 0.00455. The topological polar surface area (TPSA) is 138 Å². The molecule has 0 amide bonds. The molecule has 0 unspecified atom stereocenters. The van der Waals surface area contributed by atoms with Gasteiger partial charge < -0.3 is 37.6 Å². The molecule has 0 bridgehead atoms. The number of carbonyl (C=O) groups excluding carboxylic acids is 2. The molecule has 0 spiro atoms. The van der Waals surface area contributed by atoms with Crippen LogP contribution in [-0.4, -0.2) is 64.7 Å². The number of carbonyl (C=O) groups is 2. The van der Waals surface area contributed by atoms with Crippen LogP contribution in [0.15, 0.2) is 46.9 Å². The van der Waals surface area contributed by atoms with Crippen molar-refractivity contribution in [3.8, 4) is 29.3 Å². The normalized spacial score (nSPS) is 11.2. The van der Waals surface area contributed by atoms with Crippen molar-refractivity contribution in [2.75, 3.05) is 34.7 Å². The summed E-state index contributed by atoms with van der Waals surface area (Å²) < 4.78 is 44.2. The van der Waals surface area contributed by atoms with Gasteiger partial charge in [-0.25, -0.2) is 9.59 Å². The summed E-state index contributed by atoms with van der Waals surface area (Å²) in [6.07, 6.45) is 0. The van der Waals surface area contributed by atoms with Gasteiger partial charge in [0.1, 0.15) is 40.6 Å². The fraction of sp³-hybridized carbons (Fsp3) is 0.355. The van der Waals surface area contributed by atoms with E-state index in [1.54, 1.807) is 44.4 Å². The average molecular weight is 625 g/mol. The molecule has 44 heavy (non-hydrogen) atoms. The Kier molecular flexibility index (Phi) is 10.4. The Morgan fingerprint density at radius 3 is 2.11 bits per heavy atom. The number of fused-ring (bicyclic) bond motifs is 1. The highest BCUT2D eigenvalue weighted by Crippen LogP contribution is 2.37. The van der Waals surface area contributed by atoms with Gasteiger partial charge in [-0.2, -0.15) is 9.97 Å². The summed E-state index contributed by atoms with van der Waals surface area (Å²) in [4.78, 5) is 35.5. The highest BCUT2D eigenvalue weighted by Gasteiger charge is 2.29. The van der Waals surface area contributed by atoms with Crippen molar-refractivity contribution in [1.29, 1.82) is 0 Å². The van der Waals surface area contributed by atoms with Crippen molar-refractivity contribution in [1.82, 2.24) is 9.97 Å². The lowest BCUT2D eigenvalue weighted by Gasteiger charge is -2.16. The number of hydrogen-bond acceptors (Lipinski definition) is 12. The predicted molar refractivity (Wildman–Crippen MR) is 163 cm³/mol. The number of ether oxygens (including phenoxy) is 7. The lowest BCUT2D eigenvalue weighted by atomic mass is 10.0. The van der Waals surface area contributed by atoms with Gasteiger partial charge in [-0.1, -0.05) is 31.8 Å². The van der Waals surface area contributed by atoms with Crippen molar-refractivity contribution in [3.63, 3.8) is 0 Å². The summed E-state index contributed by atoms with van der Waals surface area (Å²) >= 11 is 0. The molecule has 2 heterocycles. The Balaban J connectivity index is 1.70. The number of benzene rings is 2. The van der Waals surface area contributed by atoms with Crippen molar-refractivity contribution in [2.45, 2.75) is 39.2 Å². The van der Waals surface area contributed by atoms with Gasteiger partial charge in [0.25, 0.3) is 0 Å². The predicted octanol–water partition coefficient (Wildman–Crippen LogP) is 6.18. The van der Waals surface area contributed by atoms with Crippen molar-refractivity contribution in [3.05, 3.63) is 64.9 Å². The number of hydrogen-bond donors (Lipinski definition) is 0. The molecular formula is C31H36N2O10Si. The second kappa shape index (κ2) is 14.2. The maximum atomic E-state index is 13.6. The fourth-order valence-corrected chi connectivity index (χ4v) is 4.86. The summed E-state index contributed by atoms with van der Waals surface area (Å²) in [6, 6.07) is 12.4. The summed E-state index contributed by atoms with van der Waals surface area (Å²) in [7, 11) is 3.08. The molecule has 4 aromatic rings. The Morgan fingerprint density at radius 2 is 1.50 bits per heavy atom. The van der Waals surface area contributed by atoms with E-state index in [4.69, 9.17) is 37.6 Å². The molecule has 4 rings (SSSR count). The zero-order chi connectivity index (χ0) is 31.9. The number of aryl methyl sites for hydroxylation is 1. The number of methoxy groups -OCH3 is 3. The largest absolute Gasteiger partial charge is 0.497 e. The van der Waals surface area contributed by atoms with Gasteiger partial charge in [0, 0.05) is 14.7 Å². The first kappa shape index (κ1) is 32.3. The molecule has 234 valence electrons. The van der Waals surface area contributed by atoms with Gasteiger partial charge in [0.05, 0.1) is 32.8 Å². The number of esters is 2. The van der Waals surface area contributed by atoms with E-state index in [-0.39, 0.29) is 64.8 Å². The molecule has 0 aliphatic heterocycles. The third-order valence-corrected chi connectivity index (χ3v) is 8.18. The average Bonchev–Trinajstić information content (AvgIpc) is 3.34. The molecule has 0 aliphatic rings. The van der Waals surface area contributed by atoms with E-state index in [2.05, 4.69) is 29.6 Å². The monoisotopic (exact) mass is 624 g/mol. The van der Waals surface area contributed by atoms with Crippen LogP contribution >= 0.6 is 0 Å². The SMILES string of the molecule is COc1ccc(COC(=O)c2c(C)oc3ccc(Oc4nc(OC)cc(OC)n4)c(C(=O)OCOCC[Si](C)(C)C)c23)cc1. The quantitative estimate of drug-likeness (QED) is 0.0686. The van der Waals surface area contributed by atoms with Crippen LogP contribution in [0.25, 0.3) is 11.0 Å². The molecule has 12 nitrogen and oxygen atoms in total. The zero-order valence-corrected chi connectivity index (χ0v) is 26.8. The maximum Gasteiger partial charge on any atom is 0.344 e. The summed E-state index contributed by atoms with van der Waals surface area (Å²) in [5.74, 6) is -0.229. The van der Waals surface area contributed by atoms with Gasteiger partial charge in [-0.3, -0.25) is 0 Å². The number of rotatable bonds is 14. The molecule has 0 aliphatic carbocycles. The smallest absolute Gasteiger partial charge is 0.344 e. The molecule has 0 radical (unpaired) electrons. The van der Waals surface area contributed by atoms with Gasteiger partial charge in [-0.15, -0.1) is 0 Å². The first-order valence-corrected chi connectivity index (χ1v) is 17.5.